The van der Waals surface area contributed by atoms with E-state index in [0.717, 1.165) is 31.2 Å². The summed E-state index contributed by atoms with van der Waals surface area (Å²) in [5.74, 6) is 0. The van der Waals surface area contributed by atoms with Gasteiger partial charge in [0.25, 0.3) is 5.56 Å². The van der Waals surface area contributed by atoms with Crippen LogP contribution < -0.4 is 5.56 Å². The Morgan fingerprint density at radius 1 is 1.32 bits per heavy atom. The summed E-state index contributed by atoms with van der Waals surface area (Å²) < 4.78 is 2.02. The van der Waals surface area contributed by atoms with Crippen LogP contribution >= 0.6 is 11.6 Å². The Hall–Kier alpha value is -1.09. The molecule has 1 aromatic heterocycles. The molecule has 0 aliphatic heterocycles. The molecule has 102 valence electrons. The van der Waals surface area contributed by atoms with Crippen LogP contribution in [-0.4, -0.2) is 9.81 Å². The molecule has 4 heteroatoms. The molecule has 1 fully saturated rings. The number of rotatable bonds is 4. The molecular formula is C15H18ClNO2. The molecule has 1 heterocycles. The van der Waals surface area contributed by atoms with Crippen LogP contribution in [0.4, 0.5) is 0 Å². The molecule has 0 spiro atoms. The molecule has 0 N–H and O–H groups in total. The van der Waals surface area contributed by atoms with Crippen LogP contribution in [0.15, 0.2) is 10.9 Å². The van der Waals surface area contributed by atoms with E-state index < -0.39 is 0 Å². The van der Waals surface area contributed by atoms with Gasteiger partial charge in [-0.1, -0.05) is 0 Å². The zero-order valence-electron chi connectivity index (χ0n) is 11.0. The van der Waals surface area contributed by atoms with E-state index in [2.05, 4.69) is 0 Å². The summed E-state index contributed by atoms with van der Waals surface area (Å²) in [6.07, 6.45) is 7.41. The molecule has 19 heavy (non-hydrogen) atoms. The molecule has 0 saturated heterocycles. The fraction of sp³-hybridized carbons (Fsp3) is 0.600. The topological polar surface area (TPSA) is 39.1 Å². The summed E-state index contributed by atoms with van der Waals surface area (Å²) in [5, 5.41) is -0.366. The number of pyridine rings is 1. The van der Waals surface area contributed by atoms with Gasteiger partial charge in [0.2, 0.25) is 5.24 Å². The summed E-state index contributed by atoms with van der Waals surface area (Å²) in [5.41, 5.74) is 3.44. The zero-order valence-corrected chi connectivity index (χ0v) is 11.7. The number of hydrogen-bond donors (Lipinski definition) is 0. The Kier molecular flexibility index (Phi) is 3.48. The van der Waals surface area contributed by atoms with Crippen molar-refractivity contribution in [2.24, 2.45) is 0 Å². The van der Waals surface area contributed by atoms with Crippen LogP contribution in [0.1, 0.15) is 55.0 Å². The van der Waals surface area contributed by atoms with Gasteiger partial charge in [-0.3, -0.25) is 9.59 Å². The van der Waals surface area contributed by atoms with Crippen molar-refractivity contribution in [3.8, 4) is 0 Å². The largest absolute Gasteiger partial charge is 0.309 e. The van der Waals surface area contributed by atoms with Gasteiger partial charge in [0.1, 0.15) is 0 Å². The summed E-state index contributed by atoms with van der Waals surface area (Å²) in [6, 6.07) is 2.43. The summed E-state index contributed by atoms with van der Waals surface area (Å²) in [7, 11) is 0. The molecule has 0 bridgehead atoms. The number of hydrogen-bond acceptors (Lipinski definition) is 2. The van der Waals surface area contributed by atoms with Crippen LogP contribution in [0.5, 0.6) is 0 Å². The van der Waals surface area contributed by atoms with Gasteiger partial charge >= 0.3 is 0 Å². The maximum Gasteiger partial charge on any atom is 0.254 e. The minimum atomic E-state index is -0.366. The molecule has 3 rings (SSSR count). The number of carbonyl (C=O) groups is 1. The van der Waals surface area contributed by atoms with Gasteiger partial charge in [0.15, 0.2) is 0 Å². The molecule has 1 saturated carbocycles. The van der Waals surface area contributed by atoms with Crippen molar-refractivity contribution >= 4 is 16.8 Å². The fourth-order valence-corrected chi connectivity index (χ4v) is 3.12. The van der Waals surface area contributed by atoms with Crippen LogP contribution in [-0.2, 0) is 24.1 Å². The molecule has 0 amide bonds. The van der Waals surface area contributed by atoms with Crippen molar-refractivity contribution in [2.75, 3.05) is 0 Å². The van der Waals surface area contributed by atoms with E-state index in [1.54, 1.807) is 0 Å². The second-order valence-corrected chi connectivity index (χ2v) is 6.03. The first-order chi connectivity index (χ1) is 9.16. The summed E-state index contributed by atoms with van der Waals surface area (Å²) >= 11 is 5.39. The van der Waals surface area contributed by atoms with Crippen molar-refractivity contribution in [3.63, 3.8) is 0 Å². The highest BCUT2D eigenvalue weighted by atomic mass is 35.5. The molecule has 0 atom stereocenters. The van der Waals surface area contributed by atoms with Gasteiger partial charge in [-0.05, 0) is 68.2 Å². The first-order valence-corrected chi connectivity index (χ1v) is 7.49. The Morgan fingerprint density at radius 3 is 2.74 bits per heavy atom. The van der Waals surface area contributed by atoms with E-state index in [9.17, 15) is 9.59 Å². The second kappa shape index (κ2) is 5.12. The molecule has 0 unspecified atom stereocenters. The zero-order chi connectivity index (χ0) is 13.4. The summed E-state index contributed by atoms with van der Waals surface area (Å²) in [4.78, 5) is 23.4. The van der Waals surface area contributed by atoms with Crippen LogP contribution in [0.25, 0.3) is 0 Å². The predicted molar refractivity (Wildman–Crippen MR) is 74.8 cm³/mol. The van der Waals surface area contributed by atoms with E-state index in [4.69, 9.17) is 11.6 Å². The highest BCUT2D eigenvalue weighted by molar-refractivity contribution is 6.63. The third kappa shape index (κ3) is 2.62. The lowest BCUT2D eigenvalue weighted by Gasteiger charge is -2.22. The number of carbonyl (C=O) groups excluding carboxylic acids is 1. The first-order valence-electron chi connectivity index (χ1n) is 7.11. The van der Waals surface area contributed by atoms with E-state index >= 15 is 0 Å². The Bertz CT molecular complexity index is 572. The van der Waals surface area contributed by atoms with E-state index in [-0.39, 0.29) is 17.2 Å². The van der Waals surface area contributed by atoms with Crippen molar-refractivity contribution < 1.29 is 4.79 Å². The average Bonchev–Trinajstić information content (AvgIpc) is 3.20. The molecule has 2 aliphatic carbocycles. The normalized spacial score (nSPS) is 18.2. The minimum Gasteiger partial charge on any atom is -0.309 e. The molecular weight excluding hydrogens is 262 g/mol. The Balaban J connectivity index is 2.03. The van der Waals surface area contributed by atoms with Gasteiger partial charge in [-0.2, -0.15) is 0 Å². The third-order valence-corrected chi connectivity index (χ3v) is 4.31. The molecule has 2 aliphatic rings. The monoisotopic (exact) mass is 279 g/mol. The maximum atomic E-state index is 12.5. The standard InChI is InChI=1S/C15H18ClNO2/c16-14(18)8-5-11-9-10-3-1-2-4-13(10)17(15(11)19)12-6-7-12/h9,12H,1-8H2. The van der Waals surface area contributed by atoms with Crippen molar-refractivity contribution in [3.05, 3.63) is 33.2 Å². The number of aryl methyl sites for hydroxylation is 2. The van der Waals surface area contributed by atoms with Crippen molar-refractivity contribution in [2.45, 2.75) is 57.4 Å². The molecule has 0 radical (unpaired) electrons. The summed E-state index contributed by atoms with van der Waals surface area (Å²) in [6.45, 7) is 0. The quantitative estimate of drug-likeness (QED) is 0.795. The van der Waals surface area contributed by atoms with Gasteiger partial charge in [0, 0.05) is 23.7 Å². The number of halogens is 1. The minimum absolute atomic E-state index is 0.112. The Labute approximate surface area is 117 Å². The van der Waals surface area contributed by atoms with Crippen molar-refractivity contribution in [1.82, 2.24) is 4.57 Å². The lowest BCUT2D eigenvalue weighted by Crippen LogP contribution is -2.29. The highest BCUT2D eigenvalue weighted by Gasteiger charge is 2.29. The molecule has 3 nitrogen and oxygen atoms in total. The van der Waals surface area contributed by atoms with Gasteiger partial charge in [0.05, 0.1) is 0 Å². The van der Waals surface area contributed by atoms with Gasteiger partial charge in [-0.25, -0.2) is 0 Å². The number of fused-ring (bicyclic) bond motifs is 1. The molecule has 0 aromatic carbocycles. The van der Waals surface area contributed by atoms with Crippen LogP contribution in [0, 0.1) is 0 Å². The fourth-order valence-electron chi connectivity index (χ4n) is 3.02. The average molecular weight is 280 g/mol. The third-order valence-electron chi connectivity index (χ3n) is 4.12. The van der Waals surface area contributed by atoms with Gasteiger partial charge < -0.3 is 4.57 Å². The van der Waals surface area contributed by atoms with Crippen LogP contribution in [0.3, 0.4) is 0 Å². The van der Waals surface area contributed by atoms with E-state index in [1.165, 1.54) is 24.1 Å². The lowest BCUT2D eigenvalue weighted by molar-refractivity contribution is -0.111. The van der Waals surface area contributed by atoms with Gasteiger partial charge in [-0.15, -0.1) is 0 Å². The van der Waals surface area contributed by atoms with E-state index in [0.29, 0.717) is 12.5 Å². The predicted octanol–water partition coefficient (Wildman–Crippen LogP) is 2.76. The SMILES string of the molecule is O=C(Cl)CCc1cc2c(n(C3CC3)c1=O)CCCC2. The second-order valence-electron chi connectivity index (χ2n) is 5.61. The molecule has 1 aromatic rings. The number of nitrogens with zero attached hydrogens (tertiary/aromatic N) is 1. The first kappa shape index (κ1) is 12.9. The maximum absolute atomic E-state index is 12.5. The van der Waals surface area contributed by atoms with E-state index in [1.807, 2.05) is 10.6 Å². The lowest BCUT2D eigenvalue weighted by atomic mass is 9.93. The Morgan fingerprint density at radius 2 is 2.05 bits per heavy atom. The smallest absolute Gasteiger partial charge is 0.254 e. The highest BCUT2D eigenvalue weighted by Crippen LogP contribution is 2.36. The van der Waals surface area contributed by atoms with Crippen molar-refractivity contribution in [1.29, 1.82) is 0 Å². The number of aromatic nitrogens is 1. The van der Waals surface area contributed by atoms with Crippen LogP contribution in [0.2, 0.25) is 0 Å².